The van der Waals surface area contributed by atoms with E-state index in [1.54, 1.807) is 11.3 Å². The Morgan fingerprint density at radius 3 is 2.50 bits per heavy atom. The van der Waals surface area contributed by atoms with Crippen LogP contribution in [-0.2, 0) is 4.79 Å². The van der Waals surface area contributed by atoms with E-state index < -0.39 is 0 Å². The van der Waals surface area contributed by atoms with Crippen molar-refractivity contribution < 1.29 is 9.59 Å². The number of hydrogen-bond donors (Lipinski definition) is 1. The fourth-order valence-corrected chi connectivity index (χ4v) is 3.76. The summed E-state index contributed by atoms with van der Waals surface area (Å²) in [6.07, 6.45) is 0.421. The number of hydrogen-bond acceptors (Lipinski definition) is 3. The fourth-order valence-electron chi connectivity index (χ4n) is 2.82. The summed E-state index contributed by atoms with van der Waals surface area (Å²) < 4.78 is 0. The lowest BCUT2D eigenvalue weighted by atomic mass is 10.1. The molecule has 0 radical (unpaired) electrons. The molecule has 1 heterocycles. The summed E-state index contributed by atoms with van der Waals surface area (Å²) in [6, 6.07) is 15.6. The molecule has 3 nitrogen and oxygen atoms in total. The molecule has 0 unspecified atom stereocenters. The Balaban J connectivity index is 1.65. The summed E-state index contributed by atoms with van der Waals surface area (Å²) in [4.78, 5) is 26.6. The van der Waals surface area contributed by atoms with Gasteiger partial charge in [0.25, 0.3) is 0 Å². The highest BCUT2D eigenvalue weighted by molar-refractivity contribution is 7.12. The zero-order valence-electron chi connectivity index (χ0n) is 13.8. The van der Waals surface area contributed by atoms with Crippen LogP contribution in [0.5, 0.6) is 0 Å². The van der Waals surface area contributed by atoms with Gasteiger partial charge < -0.3 is 5.32 Å². The van der Waals surface area contributed by atoms with Crippen LogP contribution in [0.3, 0.4) is 0 Å². The summed E-state index contributed by atoms with van der Waals surface area (Å²) in [5.74, 6) is -0.103. The van der Waals surface area contributed by atoms with Crippen molar-refractivity contribution in [2.24, 2.45) is 0 Å². The second-order valence-electron chi connectivity index (χ2n) is 5.82. The third kappa shape index (κ3) is 3.54. The van der Waals surface area contributed by atoms with Crippen LogP contribution in [0, 0.1) is 13.8 Å². The predicted octanol–water partition coefficient (Wildman–Crippen LogP) is 5.12. The summed E-state index contributed by atoms with van der Waals surface area (Å²) in [5.41, 5.74) is 1.53. The molecule has 0 fully saturated rings. The lowest BCUT2D eigenvalue weighted by Gasteiger charge is -2.08. The highest BCUT2D eigenvalue weighted by atomic mass is 32.1. The van der Waals surface area contributed by atoms with Gasteiger partial charge in [0.1, 0.15) is 0 Å². The number of benzene rings is 2. The van der Waals surface area contributed by atoms with Crippen molar-refractivity contribution in [2.75, 3.05) is 5.32 Å². The van der Waals surface area contributed by atoms with E-state index in [1.165, 1.54) is 0 Å². The van der Waals surface area contributed by atoms with E-state index in [0.717, 1.165) is 31.8 Å². The SMILES string of the molecule is Cc1cc(C(=O)CCC(=O)Nc2cccc3ccccc23)c(C)s1. The second kappa shape index (κ2) is 6.97. The first-order chi connectivity index (χ1) is 11.5. The van der Waals surface area contributed by atoms with Gasteiger partial charge in [0, 0.05) is 39.2 Å². The van der Waals surface area contributed by atoms with Crippen molar-refractivity contribution >= 4 is 39.5 Å². The number of fused-ring (bicyclic) bond motifs is 1. The fraction of sp³-hybridized carbons (Fsp3) is 0.200. The molecule has 3 rings (SSSR count). The number of carbonyl (C=O) groups excluding carboxylic acids is 2. The number of thiophene rings is 1. The molecule has 1 N–H and O–H groups in total. The number of Topliss-reactive ketones (excluding diaryl/α,β-unsaturated/α-hetero) is 1. The maximum atomic E-state index is 12.3. The Morgan fingerprint density at radius 1 is 1.00 bits per heavy atom. The minimum Gasteiger partial charge on any atom is -0.326 e. The van der Waals surface area contributed by atoms with E-state index in [9.17, 15) is 9.59 Å². The largest absolute Gasteiger partial charge is 0.326 e. The van der Waals surface area contributed by atoms with Crippen LogP contribution in [0.2, 0.25) is 0 Å². The molecular weight excluding hydrogens is 318 g/mol. The lowest BCUT2D eigenvalue weighted by Crippen LogP contribution is -2.13. The number of carbonyl (C=O) groups is 2. The predicted molar refractivity (Wildman–Crippen MR) is 99.9 cm³/mol. The van der Waals surface area contributed by atoms with Crippen LogP contribution in [0.15, 0.2) is 48.5 Å². The highest BCUT2D eigenvalue weighted by Crippen LogP contribution is 2.24. The molecule has 0 bridgehead atoms. The van der Waals surface area contributed by atoms with E-state index in [4.69, 9.17) is 0 Å². The average molecular weight is 337 g/mol. The average Bonchev–Trinajstić information content (AvgIpc) is 2.91. The second-order valence-corrected chi connectivity index (χ2v) is 7.29. The third-order valence-corrected chi connectivity index (χ3v) is 4.95. The molecule has 0 saturated carbocycles. The molecule has 0 spiro atoms. The molecule has 2 aromatic carbocycles. The Kier molecular flexibility index (Phi) is 4.76. The Morgan fingerprint density at radius 2 is 1.75 bits per heavy atom. The van der Waals surface area contributed by atoms with Crippen molar-refractivity contribution in [1.82, 2.24) is 0 Å². The first kappa shape index (κ1) is 16.4. The smallest absolute Gasteiger partial charge is 0.224 e. The van der Waals surface area contributed by atoms with Crippen LogP contribution in [0.4, 0.5) is 5.69 Å². The van der Waals surface area contributed by atoms with Crippen molar-refractivity contribution in [1.29, 1.82) is 0 Å². The standard InChI is InChI=1S/C20H19NO2S/c1-13-12-17(14(2)24-13)19(22)10-11-20(23)21-18-9-5-7-15-6-3-4-8-16(15)18/h3-9,12H,10-11H2,1-2H3,(H,21,23). The molecule has 0 aliphatic carbocycles. The van der Waals surface area contributed by atoms with E-state index in [0.29, 0.717) is 0 Å². The number of anilines is 1. The maximum absolute atomic E-state index is 12.3. The van der Waals surface area contributed by atoms with Crippen molar-refractivity contribution in [3.8, 4) is 0 Å². The molecule has 1 aromatic heterocycles. The van der Waals surface area contributed by atoms with Gasteiger partial charge in [0.05, 0.1) is 0 Å². The molecule has 3 aromatic rings. The molecule has 0 atom stereocenters. The number of aryl methyl sites for hydroxylation is 2. The summed E-state index contributed by atoms with van der Waals surface area (Å²) in [7, 11) is 0. The van der Waals surface area contributed by atoms with Gasteiger partial charge in [-0.2, -0.15) is 0 Å². The van der Waals surface area contributed by atoms with E-state index in [2.05, 4.69) is 5.32 Å². The normalized spacial score (nSPS) is 10.8. The summed E-state index contributed by atoms with van der Waals surface area (Å²) in [5, 5.41) is 5.01. The van der Waals surface area contributed by atoms with Gasteiger partial charge in [-0.15, -0.1) is 11.3 Å². The van der Waals surface area contributed by atoms with Crippen LogP contribution in [-0.4, -0.2) is 11.7 Å². The molecule has 122 valence electrons. The monoisotopic (exact) mass is 337 g/mol. The number of nitrogens with one attached hydrogen (secondary N) is 1. The zero-order valence-corrected chi connectivity index (χ0v) is 14.6. The van der Waals surface area contributed by atoms with Crippen LogP contribution < -0.4 is 5.32 Å². The Hall–Kier alpha value is -2.46. The molecule has 0 saturated heterocycles. The van der Waals surface area contributed by atoms with Crippen molar-refractivity contribution in [2.45, 2.75) is 26.7 Å². The first-order valence-electron chi connectivity index (χ1n) is 7.92. The van der Waals surface area contributed by atoms with E-state index >= 15 is 0 Å². The van der Waals surface area contributed by atoms with Gasteiger partial charge in [-0.05, 0) is 31.4 Å². The number of rotatable bonds is 5. The quantitative estimate of drug-likeness (QED) is 0.657. The van der Waals surface area contributed by atoms with Gasteiger partial charge in [0.2, 0.25) is 5.91 Å². The Labute approximate surface area is 145 Å². The maximum Gasteiger partial charge on any atom is 0.224 e. The van der Waals surface area contributed by atoms with E-state index in [-0.39, 0.29) is 24.5 Å². The first-order valence-corrected chi connectivity index (χ1v) is 8.74. The van der Waals surface area contributed by atoms with Crippen molar-refractivity contribution in [3.05, 3.63) is 63.8 Å². The summed E-state index contributed by atoms with van der Waals surface area (Å²) >= 11 is 1.61. The van der Waals surface area contributed by atoms with Crippen molar-refractivity contribution in [3.63, 3.8) is 0 Å². The van der Waals surface area contributed by atoms with Gasteiger partial charge >= 0.3 is 0 Å². The lowest BCUT2D eigenvalue weighted by molar-refractivity contribution is -0.116. The van der Waals surface area contributed by atoms with Crippen LogP contribution >= 0.6 is 11.3 Å². The number of amides is 1. The molecule has 0 aliphatic rings. The highest BCUT2D eigenvalue weighted by Gasteiger charge is 2.14. The summed E-state index contributed by atoms with van der Waals surface area (Å²) in [6.45, 7) is 3.93. The molecular formula is C20H19NO2S. The third-order valence-electron chi connectivity index (χ3n) is 3.98. The topological polar surface area (TPSA) is 46.2 Å². The van der Waals surface area contributed by atoms with Crippen LogP contribution in [0.1, 0.15) is 33.0 Å². The van der Waals surface area contributed by atoms with Crippen LogP contribution in [0.25, 0.3) is 10.8 Å². The van der Waals surface area contributed by atoms with Gasteiger partial charge in [-0.25, -0.2) is 0 Å². The molecule has 4 heteroatoms. The van der Waals surface area contributed by atoms with Gasteiger partial charge in [0.15, 0.2) is 5.78 Å². The Bertz CT molecular complexity index is 906. The minimum absolute atomic E-state index is 0.0323. The molecule has 1 amide bonds. The number of ketones is 1. The van der Waals surface area contributed by atoms with Gasteiger partial charge in [-0.3, -0.25) is 9.59 Å². The van der Waals surface area contributed by atoms with E-state index in [1.807, 2.05) is 62.4 Å². The zero-order chi connectivity index (χ0) is 17.1. The molecule has 24 heavy (non-hydrogen) atoms. The molecule has 0 aliphatic heterocycles. The van der Waals surface area contributed by atoms with Gasteiger partial charge in [-0.1, -0.05) is 36.4 Å². The minimum atomic E-state index is -0.135.